The molecule has 1 atom stereocenters. The lowest BCUT2D eigenvalue weighted by Gasteiger charge is -2.35. The van der Waals surface area contributed by atoms with Crippen LogP contribution in [0.4, 0.5) is 0 Å². The molecule has 0 saturated heterocycles. The molecule has 25 heavy (non-hydrogen) atoms. The van der Waals surface area contributed by atoms with Crippen LogP contribution in [-0.4, -0.2) is 23.3 Å². The Kier molecular flexibility index (Phi) is 3.69. The van der Waals surface area contributed by atoms with Gasteiger partial charge in [-0.2, -0.15) is 0 Å². The summed E-state index contributed by atoms with van der Waals surface area (Å²) in [5.41, 5.74) is 2.28. The molecule has 2 aliphatic heterocycles. The number of ether oxygens (including phenoxy) is 2. The minimum Gasteiger partial charge on any atom is -0.507 e. The van der Waals surface area contributed by atoms with Gasteiger partial charge < -0.3 is 14.6 Å². The first-order chi connectivity index (χ1) is 12.3. The van der Waals surface area contributed by atoms with Crippen molar-refractivity contribution in [3.05, 3.63) is 62.0 Å². The van der Waals surface area contributed by atoms with E-state index in [2.05, 4.69) is 33.9 Å². The lowest BCUT2D eigenvalue weighted by Crippen LogP contribution is -2.34. The van der Waals surface area contributed by atoms with Crippen LogP contribution in [0.3, 0.4) is 0 Å². The smallest absolute Gasteiger partial charge is 0.231 e. The number of hydrogen-bond acceptors (Lipinski definition) is 6. The van der Waals surface area contributed by atoms with Crippen LogP contribution < -0.4 is 9.47 Å². The Labute approximate surface area is 153 Å². The molecule has 4 nitrogen and oxygen atoms in total. The van der Waals surface area contributed by atoms with Crippen molar-refractivity contribution >= 4 is 22.7 Å². The second-order valence-corrected chi connectivity index (χ2v) is 8.25. The molecule has 0 saturated carbocycles. The van der Waals surface area contributed by atoms with Crippen molar-refractivity contribution in [3.8, 4) is 17.2 Å². The van der Waals surface area contributed by atoms with Crippen molar-refractivity contribution in [1.29, 1.82) is 0 Å². The second kappa shape index (κ2) is 6.05. The Bertz CT molecular complexity index is 904. The second-order valence-electron chi connectivity index (χ2n) is 6.27. The topological polar surface area (TPSA) is 41.9 Å². The van der Waals surface area contributed by atoms with E-state index in [0.29, 0.717) is 18.0 Å². The quantitative estimate of drug-likeness (QED) is 0.741. The normalized spacial score (nSPS) is 19.1. The summed E-state index contributed by atoms with van der Waals surface area (Å²) in [5, 5.41) is 14.7. The molecule has 1 N–H and O–H groups in total. The first-order valence-electron chi connectivity index (χ1n) is 8.25. The maximum Gasteiger partial charge on any atom is 0.231 e. The van der Waals surface area contributed by atoms with Gasteiger partial charge in [-0.3, -0.25) is 4.90 Å². The average Bonchev–Trinajstić information content (AvgIpc) is 3.36. The lowest BCUT2D eigenvalue weighted by atomic mass is 9.97. The monoisotopic (exact) mass is 371 g/mol. The number of fused-ring (bicyclic) bond motifs is 2. The highest BCUT2D eigenvalue weighted by atomic mass is 32.1. The van der Waals surface area contributed by atoms with Crippen LogP contribution in [0.25, 0.3) is 0 Å². The van der Waals surface area contributed by atoms with Crippen LogP contribution in [0.2, 0.25) is 0 Å². The summed E-state index contributed by atoms with van der Waals surface area (Å²) in [4.78, 5) is 5.27. The number of thiophene rings is 2. The van der Waals surface area contributed by atoms with Crippen molar-refractivity contribution in [2.24, 2.45) is 0 Å². The van der Waals surface area contributed by atoms with Gasteiger partial charge in [-0.1, -0.05) is 6.07 Å². The molecule has 1 aromatic carbocycles. The van der Waals surface area contributed by atoms with Crippen LogP contribution in [-0.2, 0) is 13.0 Å². The fourth-order valence-electron chi connectivity index (χ4n) is 3.64. The average molecular weight is 371 g/mol. The van der Waals surface area contributed by atoms with Gasteiger partial charge in [0.05, 0.1) is 6.04 Å². The third kappa shape index (κ3) is 2.61. The van der Waals surface area contributed by atoms with E-state index in [1.165, 1.54) is 15.3 Å². The largest absolute Gasteiger partial charge is 0.507 e. The van der Waals surface area contributed by atoms with Crippen LogP contribution in [0.1, 0.15) is 26.9 Å². The molecule has 128 valence electrons. The Hall–Kier alpha value is -2.02. The Morgan fingerprint density at radius 1 is 1.12 bits per heavy atom. The molecule has 0 bridgehead atoms. The van der Waals surface area contributed by atoms with E-state index in [-0.39, 0.29) is 18.6 Å². The molecule has 0 radical (unpaired) electrons. The van der Waals surface area contributed by atoms with Crippen LogP contribution in [0.15, 0.2) is 41.1 Å². The Morgan fingerprint density at radius 3 is 2.84 bits per heavy atom. The summed E-state index contributed by atoms with van der Waals surface area (Å²) >= 11 is 3.64. The van der Waals surface area contributed by atoms with Crippen molar-refractivity contribution < 1.29 is 14.6 Å². The molecule has 0 fully saturated rings. The summed E-state index contributed by atoms with van der Waals surface area (Å²) in [7, 11) is 0. The maximum absolute atomic E-state index is 10.4. The van der Waals surface area contributed by atoms with E-state index in [1.807, 2.05) is 17.4 Å². The fourth-order valence-corrected chi connectivity index (χ4v) is 5.42. The summed E-state index contributed by atoms with van der Waals surface area (Å²) in [6, 6.07) is 10.4. The first-order valence-corrected chi connectivity index (χ1v) is 10.0. The summed E-state index contributed by atoms with van der Waals surface area (Å²) in [6.45, 7) is 1.88. The minimum atomic E-state index is 0.220. The first kappa shape index (κ1) is 15.3. The number of nitrogens with zero attached hydrogens (tertiary/aromatic N) is 1. The van der Waals surface area contributed by atoms with Gasteiger partial charge in [0.1, 0.15) is 5.75 Å². The number of phenolic OH excluding ortho intramolecular Hbond substituents is 1. The highest BCUT2D eigenvalue weighted by Gasteiger charge is 2.31. The van der Waals surface area contributed by atoms with E-state index in [1.54, 1.807) is 17.4 Å². The molecule has 0 unspecified atom stereocenters. The molecular formula is C19H17NO3S2. The molecule has 3 aromatic rings. The Balaban J connectivity index is 1.51. The van der Waals surface area contributed by atoms with Gasteiger partial charge in [-0.25, -0.2) is 0 Å². The summed E-state index contributed by atoms with van der Waals surface area (Å²) < 4.78 is 10.8. The highest BCUT2D eigenvalue weighted by Crippen LogP contribution is 2.42. The van der Waals surface area contributed by atoms with Gasteiger partial charge in [0.2, 0.25) is 6.79 Å². The van der Waals surface area contributed by atoms with Crippen molar-refractivity contribution in [2.75, 3.05) is 13.3 Å². The molecule has 0 amide bonds. The maximum atomic E-state index is 10.4. The zero-order valence-corrected chi connectivity index (χ0v) is 15.1. The van der Waals surface area contributed by atoms with Gasteiger partial charge in [-0.05, 0) is 40.9 Å². The van der Waals surface area contributed by atoms with Crippen molar-refractivity contribution in [3.63, 3.8) is 0 Å². The predicted octanol–water partition coefficient (Wildman–Crippen LogP) is 4.39. The zero-order chi connectivity index (χ0) is 16.8. The predicted molar refractivity (Wildman–Crippen MR) is 98.8 cm³/mol. The molecule has 6 heteroatoms. The van der Waals surface area contributed by atoms with Gasteiger partial charge in [0, 0.05) is 34.5 Å². The van der Waals surface area contributed by atoms with E-state index in [4.69, 9.17) is 9.47 Å². The van der Waals surface area contributed by atoms with E-state index < -0.39 is 0 Å². The van der Waals surface area contributed by atoms with Gasteiger partial charge in [0.15, 0.2) is 11.5 Å². The number of rotatable bonds is 3. The molecule has 5 rings (SSSR count). The van der Waals surface area contributed by atoms with Crippen LogP contribution in [0.5, 0.6) is 17.2 Å². The van der Waals surface area contributed by atoms with Gasteiger partial charge >= 0.3 is 0 Å². The SMILES string of the molecule is Oc1cc2c(cc1CN1CCc3sccc3[C@H]1c1cccs1)OCO2. The minimum absolute atomic E-state index is 0.220. The van der Waals surface area contributed by atoms with Crippen LogP contribution >= 0.6 is 22.7 Å². The molecular weight excluding hydrogens is 354 g/mol. The van der Waals surface area contributed by atoms with E-state index in [0.717, 1.165) is 18.5 Å². The number of phenols is 1. The third-order valence-corrected chi connectivity index (χ3v) is 6.75. The Morgan fingerprint density at radius 2 is 2.00 bits per heavy atom. The summed E-state index contributed by atoms with van der Waals surface area (Å²) in [6.07, 6.45) is 1.06. The van der Waals surface area contributed by atoms with Crippen molar-refractivity contribution in [2.45, 2.75) is 19.0 Å². The number of aromatic hydroxyl groups is 1. The van der Waals surface area contributed by atoms with Crippen molar-refractivity contribution in [1.82, 2.24) is 4.90 Å². The highest BCUT2D eigenvalue weighted by molar-refractivity contribution is 7.10. The zero-order valence-electron chi connectivity index (χ0n) is 13.5. The summed E-state index contributed by atoms with van der Waals surface area (Å²) in [5.74, 6) is 1.61. The molecule has 4 heterocycles. The van der Waals surface area contributed by atoms with E-state index in [9.17, 15) is 5.11 Å². The van der Waals surface area contributed by atoms with Crippen LogP contribution in [0, 0.1) is 0 Å². The molecule has 0 spiro atoms. The third-order valence-electron chi connectivity index (χ3n) is 4.83. The molecule has 2 aliphatic rings. The fraction of sp³-hybridized carbons (Fsp3) is 0.263. The lowest BCUT2D eigenvalue weighted by molar-refractivity contribution is 0.173. The standard InChI is InChI=1S/C19H17NO3S2/c21-14-9-16-15(22-11-23-16)8-12(14)10-20-5-3-17-13(4-7-25-17)19(20)18-2-1-6-24-18/h1-2,4,6-9,19,21H,3,5,10-11H2/t19-/m0/s1. The van der Waals surface area contributed by atoms with E-state index >= 15 is 0 Å². The molecule has 0 aliphatic carbocycles. The number of hydrogen-bond donors (Lipinski definition) is 1. The van der Waals surface area contributed by atoms with Gasteiger partial charge in [0.25, 0.3) is 0 Å². The molecule has 2 aromatic heterocycles. The van der Waals surface area contributed by atoms with Gasteiger partial charge in [-0.15, -0.1) is 22.7 Å². The number of benzene rings is 1.